The van der Waals surface area contributed by atoms with Crippen LogP contribution in [0.4, 0.5) is 5.69 Å². The van der Waals surface area contributed by atoms with Gasteiger partial charge < -0.3 is 0 Å². The SMILES string of the molecule is CC(C)(C)c1ccc(C(=O)/C(C#N)=N/Nc2cccc(Cl)c2)cc1. The van der Waals surface area contributed by atoms with Gasteiger partial charge in [0.15, 0.2) is 0 Å². The number of ketones is 1. The second-order valence-electron chi connectivity index (χ2n) is 6.35. The van der Waals surface area contributed by atoms with E-state index in [9.17, 15) is 10.1 Å². The van der Waals surface area contributed by atoms with Gasteiger partial charge in [-0.05, 0) is 29.2 Å². The number of benzene rings is 2. The summed E-state index contributed by atoms with van der Waals surface area (Å²) < 4.78 is 0. The third-order valence-corrected chi connectivity index (χ3v) is 3.69. The summed E-state index contributed by atoms with van der Waals surface area (Å²) in [6.45, 7) is 6.29. The Bertz CT molecular complexity index is 812. The molecule has 0 atom stereocenters. The van der Waals surface area contributed by atoms with Crippen molar-refractivity contribution >= 4 is 28.8 Å². The van der Waals surface area contributed by atoms with Crippen LogP contribution in [-0.4, -0.2) is 11.5 Å². The standard InChI is InChI=1S/C19H18ClN3O/c1-19(2,3)14-9-7-13(8-10-14)18(24)17(12-21)23-22-16-6-4-5-15(20)11-16/h4-11,22H,1-3H3/b23-17+. The number of hydrazone groups is 1. The second-order valence-corrected chi connectivity index (χ2v) is 6.79. The molecule has 0 unspecified atom stereocenters. The maximum atomic E-state index is 12.4. The van der Waals surface area contributed by atoms with Gasteiger partial charge in [0, 0.05) is 10.6 Å². The van der Waals surface area contributed by atoms with Crippen molar-refractivity contribution in [2.45, 2.75) is 26.2 Å². The second kappa shape index (κ2) is 7.29. The molecule has 2 rings (SSSR count). The average Bonchev–Trinajstić information content (AvgIpc) is 2.54. The molecule has 0 aromatic heterocycles. The van der Waals surface area contributed by atoms with Crippen LogP contribution >= 0.6 is 11.6 Å². The topological polar surface area (TPSA) is 65.2 Å². The van der Waals surface area contributed by atoms with Crippen LogP contribution in [0.1, 0.15) is 36.7 Å². The molecule has 0 heterocycles. The number of carbonyl (C=O) groups excluding carboxylic acids is 1. The van der Waals surface area contributed by atoms with Crippen molar-refractivity contribution < 1.29 is 4.79 Å². The fraction of sp³-hybridized carbons (Fsp3) is 0.211. The molecular formula is C19H18ClN3O. The number of carbonyl (C=O) groups is 1. The molecule has 2 aromatic rings. The normalized spacial score (nSPS) is 11.7. The van der Waals surface area contributed by atoms with Crippen LogP contribution in [0.15, 0.2) is 53.6 Å². The number of anilines is 1. The molecule has 0 radical (unpaired) electrons. The quantitative estimate of drug-likeness (QED) is 0.493. The number of rotatable bonds is 4. The maximum Gasteiger partial charge on any atom is 0.223 e. The van der Waals surface area contributed by atoms with Gasteiger partial charge in [0.1, 0.15) is 6.07 Å². The highest BCUT2D eigenvalue weighted by atomic mass is 35.5. The summed E-state index contributed by atoms with van der Waals surface area (Å²) in [6, 6.07) is 15.9. The van der Waals surface area contributed by atoms with Crippen molar-refractivity contribution in [3.63, 3.8) is 0 Å². The van der Waals surface area contributed by atoms with Crippen molar-refractivity contribution in [1.29, 1.82) is 5.26 Å². The molecule has 0 amide bonds. The molecule has 0 fully saturated rings. The van der Waals surface area contributed by atoms with Gasteiger partial charge in [0.25, 0.3) is 0 Å². The molecule has 0 aliphatic rings. The third-order valence-electron chi connectivity index (χ3n) is 3.46. The highest BCUT2D eigenvalue weighted by Gasteiger charge is 2.17. The lowest BCUT2D eigenvalue weighted by Crippen LogP contribution is -2.15. The number of Topliss-reactive ketones (excluding diaryl/α,β-unsaturated/α-hetero) is 1. The molecule has 5 heteroatoms. The van der Waals surface area contributed by atoms with E-state index in [4.69, 9.17) is 11.6 Å². The Morgan fingerprint density at radius 3 is 2.38 bits per heavy atom. The lowest BCUT2D eigenvalue weighted by atomic mass is 9.86. The van der Waals surface area contributed by atoms with E-state index in [1.165, 1.54) is 0 Å². The number of hydrogen-bond donors (Lipinski definition) is 1. The largest absolute Gasteiger partial charge is 0.286 e. The summed E-state index contributed by atoms with van der Waals surface area (Å²) in [4.78, 5) is 12.4. The van der Waals surface area contributed by atoms with Crippen LogP contribution in [-0.2, 0) is 5.41 Å². The predicted molar refractivity (Wildman–Crippen MR) is 97.6 cm³/mol. The molecule has 122 valence electrons. The molecule has 0 spiro atoms. The molecule has 0 saturated heterocycles. The minimum Gasteiger partial charge on any atom is -0.286 e. The fourth-order valence-electron chi connectivity index (χ4n) is 2.06. The van der Waals surface area contributed by atoms with Gasteiger partial charge in [0.2, 0.25) is 11.5 Å². The van der Waals surface area contributed by atoms with E-state index in [2.05, 4.69) is 31.3 Å². The van der Waals surface area contributed by atoms with E-state index in [0.717, 1.165) is 5.56 Å². The number of hydrogen-bond acceptors (Lipinski definition) is 4. The molecule has 0 aliphatic heterocycles. The van der Waals surface area contributed by atoms with Gasteiger partial charge in [-0.2, -0.15) is 10.4 Å². The van der Waals surface area contributed by atoms with E-state index < -0.39 is 5.78 Å². The summed E-state index contributed by atoms with van der Waals surface area (Å²) in [5, 5.41) is 13.6. The first kappa shape index (κ1) is 17.7. The Balaban J connectivity index is 2.19. The van der Waals surface area contributed by atoms with Gasteiger partial charge in [-0.15, -0.1) is 0 Å². The van der Waals surface area contributed by atoms with E-state index in [1.54, 1.807) is 36.4 Å². The number of nitriles is 1. The van der Waals surface area contributed by atoms with E-state index in [-0.39, 0.29) is 11.1 Å². The lowest BCUT2D eigenvalue weighted by molar-refractivity contribution is 0.106. The van der Waals surface area contributed by atoms with Crippen molar-refractivity contribution in [2.75, 3.05) is 5.43 Å². The van der Waals surface area contributed by atoms with Crippen LogP contribution in [0, 0.1) is 11.3 Å². The zero-order chi connectivity index (χ0) is 17.7. The van der Waals surface area contributed by atoms with Crippen LogP contribution in [0.25, 0.3) is 0 Å². The van der Waals surface area contributed by atoms with Crippen LogP contribution in [0.3, 0.4) is 0 Å². The maximum absolute atomic E-state index is 12.4. The minimum absolute atomic E-state index is 0.00184. The fourth-order valence-corrected chi connectivity index (χ4v) is 2.25. The van der Waals surface area contributed by atoms with Crippen LogP contribution < -0.4 is 5.43 Å². The van der Waals surface area contributed by atoms with Gasteiger partial charge in [0.05, 0.1) is 5.69 Å². The number of halogens is 1. The number of nitrogens with one attached hydrogen (secondary N) is 1. The molecule has 24 heavy (non-hydrogen) atoms. The predicted octanol–water partition coefficient (Wildman–Crippen LogP) is 4.81. The van der Waals surface area contributed by atoms with Gasteiger partial charge in [-0.1, -0.05) is 62.7 Å². The lowest BCUT2D eigenvalue weighted by Gasteiger charge is -2.18. The highest BCUT2D eigenvalue weighted by molar-refractivity contribution is 6.51. The summed E-state index contributed by atoms with van der Waals surface area (Å²) in [5.41, 5.74) is 4.62. The van der Waals surface area contributed by atoms with Gasteiger partial charge in [-0.25, -0.2) is 0 Å². The molecule has 1 N–H and O–H groups in total. The molecule has 0 bridgehead atoms. The van der Waals surface area contributed by atoms with Gasteiger partial charge in [-0.3, -0.25) is 10.2 Å². The van der Waals surface area contributed by atoms with E-state index >= 15 is 0 Å². The first-order valence-corrected chi connectivity index (χ1v) is 7.83. The summed E-state index contributed by atoms with van der Waals surface area (Å²) in [6.07, 6.45) is 0. The van der Waals surface area contributed by atoms with Crippen molar-refractivity contribution in [1.82, 2.24) is 0 Å². The van der Waals surface area contributed by atoms with Gasteiger partial charge >= 0.3 is 0 Å². The molecule has 0 aliphatic carbocycles. The Labute approximate surface area is 146 Å². The monoisotopic (exact) mass is 339 g/mol. The Hall–Kier alpha value is -2.64. The summed E-state index contributed by atoms with van der Waals surface area (Å²) >= 11 is 5.88. The average molecular weight is 340 g/mol. The van der Waals surface area contributed by atoms with Crippen molar-refractivity contribution in [3.8, 4) is 6.07 Å². The highest BCUT2D eigenvalue weighted by Crippen LogP contribution is 2.22. The van der Waals surface area contributed by atoms with E-state index in [0.29, 0.717) is 16.3 Å². The summed E-state index contributed by atoms with van der Waals surface area (Å²) in [7, 11) is 0. The zero-order valence-corrected chi connectivity index (χ0v) is 14.6. The van der Waals surface area contributed by atoms with Crippen molar-refractivity contribution in [3.05, 3.63) is 64.7 Å². The van der Waals surface area contributed by atoms with Crippen LogP contribution in [0.2, 0.25) is 5.02 Å². The Morgan fingerprint density at radius 2 is 1.83 bits per heavy atom. The van der Waals surface area contributed by atoms with Crippen LogP contribution in [0.5, 0.6) is 0 Å². The smallest absolute Gasteiger partial charge is 0.223 e. The Kier molecular flexibility index (Phi) is 5.38. The van der Waals surface area contributed by atoms with E-state index in [1.807, 2.05) is 18.2 Å². The molecular weight excluding hydrogens is 322 g/mol. The number of nitrogens with zero attached hydrogens (tertiary/aromatic N) is 2. The third kappa shape index (κ3) is 4.43. The minimum atomic E-state index is -0.424. The zero-order valence-electron chi connectivity index (χ0n) is 13.8. The molecule has 2 aromatic carbocycles. The molecule has 4 nitrogen and oxygen atoms in total. The summed E-state index contributed by atoms with van der Waals surface area (Å²) in [5.74, 6) is -0.424. The first-order chi connectivity index (χ1) is 11.3. The Morgan fingerprint density at radius 1 is 1.17 bits per heavy atom. The van der Waals surface area contributed by atoms with Crippen molar-refractivity contribution in [2.24, 2.45) is 5.10 Å². The molecule has 0 saturated carbocycles. The first-order valence-electron chi connectivity index (χ1n) is 7.46.